The zero-order valence-corrected chi connectivity index (χ0v) is 14.0. The van der Waals surface area contributed by atoms with E-state index >= 15 is 0 Å². The van der Waals surface area contributed by atoms with E-state index < -0.39 is 0 Å². The van der Waals surface area contributed by atoms with Gasteiger partial charge < -0.3 is 10.2 Å². The molecule has 5 heteroatoms. The molecule has 3 rings (SSSR count). The van der Waals surface area contributed by atoms with E-state index in [0.717, 1.165) is 29.7 Å². The smallest absolute Gasteiger partial charge is 0.236 e. The van der Waals surface area contributed by atoms with Gasteiger partial charge in [0.05, 0.1) is 0 Å². The molecule has 2 aromatic carbocycles. The van der Waals surface area contributed by atoms with Crippen molar-refractivity contribution in [3.05, 3.63) is 65.5 Å². The Bertz CT molecular complexity index is 759. The van der Waals surface area contributed by atoms with E-state index in [1.54, 1.807) is 17.0 Å². The Morgan fingerprint density at radius 1 is 1.08 bits per heavy atom. The van der Waals surface area contributed by atoms with Crippen molar-refractivity contribution < 1.29 is 14.0 Å². The van der Waals surface area contributed by atoms with Gasteiger partial charge in [-0.1, -0.05) is 30.3 Å². The van der Waals surface area contributed by atoms with Crippen LogP contribution in [0.15, 0.2) is 48.5 Å². The molecule has 0 bridgehead atoms. The Morgan fingerprint density at radius 2 is 1.84 bits per heavy atom. The summed E-state index contributed by atoms with van der Waals surface area (Å²) in [6.07, 6.45) is 2.32. The molecule has 130 valence electrons. The second-order valence-electron chi connectivity index (χ2n) is 6.18. The predicted octanol–water partition coefficient (Wildman–Crippen LogP) is 2.85. The minimum Gasteiger partial charge on any atom is -0.355 e. The molecule has 0 saturated carbocycles. The third kappa shape index (κ3) is 4.44. The number of rotatable bonds is 5. The molecule has 4 nitrogen and oxygen atoms in total. The van der Waals surface area contributed by atoms with Gasteiger partial charge >= 0.3 is 0 Å². The van der Waals surface area contributed by atoms with Crippen LogP contribution < -0.4 is 10.2 Å². The summed E-state index contributed by atoms with van der Waals surface area (Å²) < 4.78 is 12.9. The summed E-state index contributed by atoms with van der Waals surface area (Å²) in [7, 11) is 0. The number of halogens is 1. The van der Waals surface area contributed by atoms with Gasteiger partial charge in [0.15, 0.2) is 0 Å². The number of amides is 2. The van der Waals surface area contributed by atoms with E-state index in [9.17, 15) is 14.0 Å². The van der Waals surface area contributed by atoms with Crippen molar-refractivity contribution >= 4 is 17.5 Å². The molecule has 1 aliphatic heterocycles. The molecular formula is C20H21FN2O2. The molecule has 25 heavy (non-hydrogen) atoms. The Kier molecular flexibility index (Phi) is 5.43. The maximum Gasteiger partial charge on any atom is 0.236 e. The summed E-state index contributed by atoms with van der Waals surface area (Å²) in [6.45, 7) is 1.08. The summed E-state index contributed by atoms with van der Waals surface area (Å²) in [5, 5.41) is 2.76. The number of aryl methyl sites for hydroxylation is 1. The van der Waals surface area contributed by atoms with E-state index in [2.05, 4.69) is 5.32 Å². The molecular weight excluding hydrogens is 319 g/mol. The molecule has 0 radical (unpaired) electrons. The van der Waals surface area contributed by atoms with Gasteiger partial charge in [-0.3, -0.25) is 9.59 Å². The number of hydrogen-bond acceptors (Lipinski definition) is 2. The lowest BCUT2D eigenvalue weighted by Gasteiger charge is -2.29. The maximum atomic E-state index is 12.9. The molecule has 0 atom stereocenters. The average molecular weight is 340 g/mol. The Balaban J connectivity index is 1.50. The lowest BCUT2D eigenvalue weighted by molar-refractivity contribution is -0.127. The topological polar surface area (TPSA) is 49.4 Å². The first-order valence-corrected chi connectivity index (χ1v) is 8.53. The van der Waals surface area contributed by atoms with Crippen molar-refractivity contribution in [2.45, 2.75) is 25.7 Å². The summed E-state index contributed by atoms with van der Waals surface area (Å²) in [6, 6.07) is 14.0. The fourth-order valence-corrected chi connectivity index (χ4v) is 3.09. The standard InChI is InChI=1S/C20H21FN2O2/c21-17-9-7-15(8-10-17)11-12-22-19(24)14-20(25)23-13-3-5-16-4-1-2-6-18(16)23/h1-2,4,6-10H,3,5,11-14H2,(H,22,24). The van der Waals surface area contributed by atoms with Crippen LogP contribution in [0.2, 0.25) is 0 Å². The summed E-state index contributed by atoms with van der Waals surface area (Å²) >= 11 is 0. The predicted molar refractivity (Wildman–Crippen MR) is 94.8 cm³/mol. The molecule has 0 saturated heterocycles. The Hall–Kier alpha value is -2.69. The van der Waals surface area contributed by atoms with Crippen LogP contribution in [0, 0.1) is 5.82 Å². The molecule has 0 aromatic heterocycles. The number of carbonyl (C=O) groups is 2. The van der Waals surface area contributed by atoms with Gasteiger partial charge in [0.2, 0.25) is 11.8 Å². The van der Waals surface area contributed by atoms with Crippen LogP contribution in [0.5, 0.6) is 0 Å². The first kappa shape index (κ1) is 17.1. The lowest BCUT2D eigenvalue weighted by atomic mass is 10.0. The molecule has 0 spiro atoms. The number of para-hydroxylation sites is 1. The highest BCUT2D eigenvalue weighted by atomic mass is 19.1. The molecule has 0 aliphatic carbocycles. The minimum absolute atomic E-state index is 0.155. The highest BCUT2D eigenvalue weighted by Crippen LogP contribution is 2.27. The van der Waals surface area contributed by atoms with Crippen molar-refractivity contribution in [3.8, 4) is 0 Å². The Morgan fingerprint density at radius 3 is 2.64 bits per heavy atom. The van der Waals surface area contributed by atoms with Crippen LogP contribution in [-0.2, 0) is 22.4 Å². The number of nitrogens with one attached hydrogen (secondary N) is 1. The quantitative estimate of drug-likeness (QED) is 0.851. The number of nitrogens with zero attached hydrogens (tertiary/aromatic N) is 1. The number of carbonyl (C=O) groups excluding carboxylic acids is 2. The first-order chi connectivity index (χ1) is 12.1. The number of fused-ring (bicyclic) bond motifs is 1. The summed E-state index contributed by atoms with van der Waals surface area (Å²) in [5.41, 5.74) is 3.01. The maximum absolute atomic E-state index is 12.9. The number of benzene rings is 2. The van der Waals surface area contributed by atoms with Crippen molar-refractivity contribution in [1.29, 1.82) is 0 Å². The van der Waals surface area contributed by atoms with Crippen molar-refractivity contribution in [1.82, 2.24) is 5.32 Å². The van der Waals surface area contributed by atoms with Gasteiger partial charge in [-0.15, -0.1) is 0 Å². The van der Waals surface area contributed by atoms with E-state index in [-0.39, 0.29) is 24.1 Å². The summed E-state index contributed by atoms with van der Waals surface area (Å²) in [5.74, 6) is -0.734. The number of anilines is 1. The molecule has 1 N–H and O–H groups in total. The van der Waals surface area contributed by atoms with Gasteiger partial charge in [0.1, 0.15) is 12.2 Å². The van der Waals surface area contributed by atoms with Crippen LogP contribution in [0.4, 0.5) is 10.1 Å². The van der Waals surface area contributed by atoms with Gasteiger partial charge in [-0.25, -0.2) is 4.39 Å². The van der Waals surface area contributed by atoms with Crippen LogP contribution in [-0.4, -0.2) is 24.9 Å². The largest absolute Gasteiger partial charge is 0.355 e. The van der Waals surface area contributed by atoms with E-state index in [0.29, 0.717) is 19.5 Å². The van der Waals surface area contributed by atoms with E-state index in [1.165, 1.54) is 12.1 Å². The third-order valence-corrected chi connectivity index (χ3v) is 4.37. The molecule has 0 unspecified atom stereocenters. The van der Waals surface area contributed by atoms with Crippen LogP contribution >= 0.6 is 0 Å². The van der Waals surface area contributed by atoms with Crippen molar-refractivity contribution in [2.24, 2.45) is 0 Å². The second kappa shape index (κ2) is 7.92. The third-order valence-electron chi connectivity index (χ3n) is 4.37. The average Bonchev–Trinajstić information content (AvgIpc) is 2.63. The van der Waals surface area contributed by atoms with Gasteiger partial charge in [0.25, 0.3) is 0 Å². The van der Waals surface area contributed by atoms with Crippen LogP contribution in [0.25, 0.3) is 0 Å². The minimum atomic E-state index is -0.282. The van der Waals surface area contributed by atoms with Gasteiger partial charge in [-0.05, 0) is 48.6 Å². The molecule has 0 fully saturated rings. The van der Waals surface area contributed by atoms with Crippen molar-refractivity contribution in [2.75, 3.05) is 18.0 Å². The van der Waals surface area contributed by atoms with E-state index in [1.807, 2.05) is 24.3 Å². The van der Waals surface area contributed by atoms with Crippen molar-refractivity contribution in [3.63, 3.8) is 0 Å². The first-order valence-electron chi connectivity index (χ1n) is 8.53. The molecule has 1 heterocycles. The fraction of sp³-hybridized carbons (Fsp3) is 0.300. The second-order valence-corrected chi connectivity index (χ2v) is 6.18. The SMILES string of the molecule is O=C(CC(=O)N1CCCc2ccccc21)NCCc1ccc(F)cc1. The fourth-order valence-electron chi connectivity index (χ4n) is 3.09. The molecule has 2 aromatic rings. The lowest BCUT2D eigenvalue weighted by Crippen LogP contribution is -2.39. The highest BCUT2D eigenvalue weighted by Gasteiger charge is 2.23. The zero-order chi connectivity index (χ0) is 17.6. The molecule has 2 amide bonds. The zero-order valence-electron chi connectivity index (χ0n) is 14.0. The Labute approximate surface area is 146 Å². The van der Waals surface area contributed by atoms with Crippen LogP contribution in [0.1, 0.15) is 24.0 Å². The summed E-state index contributed by atoms with van der Waals surface area (Å²) in [4.78, 5) is 26.2. The number of hydrogen-bond donors (Lipinski definition) is 1. The highest BCUT2D eigenvalue weighted by molar-refractivity contribution is 6.05. The van der Waals surface area contributed by atoms with Gasteiger partial charge in [-0.2, -0.15) is 0 Å². The van der Waals surface area contributed by atoms with E-state index in [4.69, 9.17) is 0 Å². The van der Waals surface area contributed by atoms with Gasteiger partial charge in [0, 0.05) is 18.8 Å². The normalized spacial score (nSPS) is 13.2. The monoisotopic (exact) mass is 340 g/mol. The van der Waals surface area contributed by atoms with Crippen LogP contribution in [0.3, 0.4) is 0 Å². The molecule has 1 aliphatic rings.